The zero-order valence-electron chi connectivity index (χ0n) is 18.6. The van der Waals surface area contributed by atoms with Gasteiger partial charge in [0.1, 0.15) is 11.5 Å². The summed E-state index contributed by atoms with van der Waals surface area (Å²) in [7, 11) is 0. The first-order chi connectivity index (χ1) is 14.7. The van der Waals surface area contributed by atoms with Crippen LogP contribution in [0.15, 0.2) is 48.5 Å². The first-order valence-corrected chi connectivity index (χ1v) is 10.5. The van der Waals surface area contributed by atoms with Crippen molar-refractivity contribution in [3.63, 3.8) is 0 Å². The van der Waals surface area contributed by atoms with Crippen molar-refractivity contribution in [3.8, 4) is 5.75 Å². The fraction of sp³-hybridized carbons (Fsp3) is 0.400. The molecular formula is C25H31NO5. The van der Waals surface area contributed by atoms with Crippen LogP contribution < -0.4 is 10.1 Å². The molecule has 2 aromatic carbocycles. The smallest absolute Gasteiger partial charge is 0.308 e. The monoisotopic (exact) mass is 425 g/mol. The zero-order chi connectivity index (χ0) is 22.8. The summed E-state index contributed by atoms with van der Waals surface area (Å²) in [6.07, 6.45) is 1.00. The van der Waals surface area contributed by atoms with Crippen LogP contribution in [-0.2, 0) is 25.5 Å². The number of aryl methyl sites for hydroxylation is 2. The van der Waals surface area contributed by atoms with Crippen LogP contribution in [0.5, 0.6) is 5.75 Å². The number of carbonyl (C=O) groups is 3. The molecule has 0 aliphatic heterocycles. The van der Waals surface area contributed by atoms with Crippen LogP contribution in [0.3, 0.4) is 0 Å². The van der Waals surface area contributed by atoms with Crippen molar-refractivity contribution in [1.29, 1.82) is 0 Å². The maximum absolute atomic E-state index is 12.5. The number of rotatable bonds is 11. The molecule has 2 rings (SSSR count). The summed E-state index contributed by atoms with van der Waals surface area (Å²) in [6.45, 7) is 6.95. The predicted octanol–water partition coefficient (Wildman–Crippen LogP) is 4.09. The summed E-state index contributed by atoms with van der Waals surface area (Å²) in [6, 6.07) is 14.5. The fourth-order valence-electron chi connectivity index (χ4n) is 2.99. The molecule has 1 N–H and O–H groups in total. The highest BCUT2D eigenvalue weighted by Crippen LogP contribution is 2.19. The average Bonchev–Trinajstić information content (AvgIpc) is 2.71. The van der Waals surface area contributed by atoms with Crippen LogP contribution in [-0.4, -0.2) is 30.4 Å². The van der Waals surface area contributed by atoms with Crippen molar-refractivity contribution in [2.24, 2.45) is 0 Å². The Balaban J connectivity index is 1.95. The lowest BCUT2D eigenvalue weighted by Gasteiger charge is -2.20. The predicted molar refractivity (Wildman–Crippen MR) is 119 cm³/mol. The second-order valence-corrected chi connectivity index (χ2v) is 7.91. The Morgan fingerprint density at radius 2 is 1.61 bits per heavy atom. The molecule has 0 fully saturated rings. The van der Waals surface area contributed by atoms with Crippen LogP contribution in [0.25, 0.3) is 0 Å². The Bertz CT molecular complexity index is 872. The second kappa shape index (κ2) is 11.9. The van der Waals surface area contributed by atoms with Gasteiger partial charge in [-0.25, -0.2) is 0 Å². The number of ether oxygens (including phenoxy) is 2. The molecule has 0 aromatic heterocycles. The highest BCUT2D eigenvalue weighted by molar-refractivity contribution is 5.79. The van der Waals surface area contributed by atoms with E-state index in [1.165, 1.54) is 0 Å². The van der Waals surface area contributed by atoms with Crippen LogP contribution in [0.1, 0.15) is 56.3 Å². The van der Waals surface area contributed by atoms with Gasteiger partial charge in [-0.15, -0.1) is 0 Å². The van der Waals surface area contributed by atoms with E-state index < -0.39 is 6.04 Å². The lowest BCUT2D eigenvalue weighted by atomic mass is 10.0. The largest absolute Gasteiger partial charge is 0.484 e. The number of hydrogen-bond acceptors (Lipinski definition) is 5. The fourth-order valence-corrected chi connectivity index (χ4v) is 2.99. The van der Waals surface area contributed by atoms with Gasteiger partial charge in [0.05, 0.1) is 18.6 Å². The van der Waals surface area contributed by atoms with Crippen molar-refractivity contribution in [2.75, 3.05) is 6.61 Å². The van der Waals surface area contributed by atoms with Gasteiger partial charge in [0.25, 0.3) is 5.91 Å². The Kier molecular flexibility index (Phi) is 9.25. The van der Waals surface area contributed by atoms with Crippen molar-refractivity contribution in [3.05, 3.63) is 65.2 Å². The quantitative estimate of drug-likeness (QED) is 0.548. The molecule has 31 heavy (non-hydrogen) atoms. The number of benzene rings is 2. The summed E-state index contributed by atoms with van der Waals surface area (Å²) in [5.41, 5.74) is 2.96. The first-order valence-electron chi connectivity index (χ1n) is 10.5. The van der Waals surface area contributed by atoms with Gasteiger partial charge in [0.2, 0.25) is 0 Å². The third kappa shape index (κ3) is 9.03. The summed E-state index contributed by atoms with van der Waals surface area (Å²) >= 11 is 0. The van der Waals surface area contributed by atoms with Crippen molar-refractivity contribution in [2.45, 2.75) is 59.1 Å². The molecule has 0 aliphatic carbocycles. The summed E-state index contributed by atoms with van der Waals surface area (Å²) < 4.78 is 10.8. The molecule has 0 aliphatic rings. The van der Waals surface area contributed by atoms with Gasteiger partial charge in [-0.05, 0) is 57.4 Å². The van der Waals surface area contributed by atoms with Gasteiger partial charge in [-0.1, -0.05) is 42.0 Å². The first kappa shape index (κ1) is 24.1. The molecule has 6 heteroatoms. The zero-order valence-corrected chi connectivity index (χ0v) is 18.6. The Morgan fingerprint density at radius 1 is 0.968 bits per heavy atom. The molecule has 1 unspecified atom stereocenters. The van der Waals surface area contributed by atoms with E-state index in [4.69, 9.17) is 9.47 Å². The Morgan fingerprint density at radius 3 is 2.19 bits per heavy atom. The summed E-state index contributed by atoms with van der Waals surface area (Å²) in [5, 5.41) is 2.87. The minimum absolute atomic E-state index is 0.0395. The van der Waals surface area contributed by atoms with E-state index in [0.717, 1.165) is 16.7 Å². The molecule has 0 heterocycles. The molecule has 1 atom stereocenters. The normalized spacial score (nSPS) is 11.6. The van der Waals surface area contributed by atoms with E-state index in [1.807, 2.05) is 43.3 Å². The molecule has 0 saturated carbocycles. The van der Waals surface area contributed by atoms with Crippen LogP contribution in [0.2, 0.25) is 0 Å². The molecule has 6 nitrogen and oxygen atoms in total. The van der Waals surface area contributed by atoms with Crippen molar-refractivity contribution >= 4 is 17.7 Å². The number of ketones is 1. The molecular weight excluding hydrogens is 394 g/mol. The highest BCUT2D eigenvalue weighted by Gasteiger charge is 2.20. The number of esters is 1. The molecule has 0 radical (unpaired) electrons. The van der Waals surface area contributed by atoms with Crippen LogP contribution in [0, 0.1) is 6.92 Å². The number of amides is 1. The van der Waals surface area contributed by atoms with Gasteiger partial charge in [0.15, 0.2) is 6.61 Å². The average molecular weight is 426 g/mol. The summed E-state index contributed by atoms with van der Waals surface area (Å²) in [4.78, 5) is 35.7. The van der Waals surface area contributed by atoms with Crippen LogP contribution >= 0.6 is 0 Å². The van der Waals surface area contributed by atoms with E-state index in [1.54, 1.807) is 32.9 Å². The van der Waals surface area contributed by atoms with E-state index in [2.05, 4.69) is 5.32 Å². The maximum atomic E-state index is 12.5. The maximum Gasteiger partial charge on any atom is 0.308 e. The lowest BCUT2D eigenvalue weighted by molar-refractivity contribution is -0.148. The van der Waals surface area contributed by atoms with E-state index >= 15 is 0 Å². The minimum atomic E-state index is -0.503. The van der Waals surface area contributed by atoms with Crippen molar-refractivity contribution in [1.82, 2.24) is 5.32 Å². The number of Topliss-reactive ketones (excluding diaryl/α,β-unsaturated/α-hetero) is 1. The molecule has 2 aromatic rings. The standard InChI is InChI=1S/C25H31NO5/c1-17(2)31-25(29)15-23(21-11-5-18(3)6-12-21)26-24(28)16-30-22-13-9-20(10-14-22)8-7-19(4)27/h5-6,9-14,17,23H,7-8,15-16H2,1-4H3,(H,26,28). The molecule has 0 bridgehead atoms. The third-order valence-electron chi connectivity index (χ3n) is 4.61. The highest BCUT2D eigenvalue weighted by atomic mass is 16.5. The number of hydrogen-bond donors (Lipinski definition) is 1. The SMILES string of the molecule is CC(=O)CCc1ccc(OCC(=O)NC(CC(=O)OC(C)C)c2ccc(C)cc2)cc1. The van der Waals surface area contributed by atoms with Crippen LogP contribution in [0.4, 0.5) is 0 Å². The van der Waals surface area contributed by atoms with Crippen molar-refractivity contribution < 1.29 is 23.9 Å². The molecule has 166 valence electrons. The molecule has 0 saturated heterocycles. The van der Waals surface area contributed by atoms with E-state index in [-0.39, 0.29) is 36.8 Å². The summed E-state index contributed by atoms with van der Waals surface area (Å²) in [5.74, 6) is 0.0109. The number of nitrogens with one attached hydrogen (secondary N) is 1. The van der Waals surface area contributed by atoms with Gasteiger partial charge < -0.3 is 19.6 Å². The molecule has 1 amide bonds. The Hall–Kier alpha value is -3.15. The third-order valence-corrected chi connectivity index (χ3v) is 4.61. The van der Waals surface area contributed by atoms with Gasteiger partial charge in [-0.2, -0.15) is 0 Å². The Labute approximate surface area is 183 Å². The van der Waals surface area contributed by atoms with E-state index in [0.29, 0.717) is 18.6 Å². The minimum Gasteiger partial charge on any atom is -0.484 e. The van der Waals surface area contributed by atoms with E-state index in [9.17, 15) is 14.4 Å². The van der Waals surface area contributed by atoms with Gasteiger partial charge in [-0.3, -0.25) is 9.59 Å². The van der Waals surface area contributed by atoms with Gasteiger partial charge in [0, 0.05) is 6.42 Å². The number of carbonyl (C=O) groups excluding carboxylic acids is 3. The van der Waals surface area contributed by atoms with Gasteiger partial charge >= 0.3 is 5.97 Å². The molecule has 0 spiro atoms. The topological polar surface area (TPSA) is 81.7 Å². The second-order valence-electron chi connectivity index (χ2n) is 7.91. The lowest BCUT2D eigenvalue weighted by Crippen LogP contribution is -2.34.